The van der Waals surface area contributed by atoms with Crippen molar-refractivity contribution in [3.8, 4) is 0 Å². The number of hydrogen-bond donors (Lipinski definition) is 0. The summed E-state index contributed by atoms with van der Waals surface area (Å²) in [5, 5.41) is 2.52. The van der Waals surface area contributed by atoms with E-state index in [9.17, 15) is 0 Å². The van der Waals surface area contributed by atoms with Crippen molar-refractivity contribution in [2.24, 2.45) is 9.98 Å². The largest absolute Gasteiger partial charge is 0.293 e. The number of hydrogen-bond acceptors (Lipinski definition) is 2. The monoisotopic (exact) mass is 529 g/mol. The Bertz CT molecular complexity index is 1030. The van der Waals surface area contributed by atoms with Crippen LogP contribution in [0.2, 0.25) is 0 Å². The third-order valence-electron chi connectivity index (χ3n) is 5.06. The molecular formula is C25H27N2Yb-. The van der Waals surface area contributed by atoms with Gasteiger partial charge in [0.25, 0.3) is 0 Å². The van der Waals surface area contributed by atoms with Gasteiger partial charge in [-0.25, -0.2) is 0 Å². The van der Waals surface area contributed by atoms with Crippen LogP contribution in [0.5, 0.6) is 0 Å². The second kappa shape index (κ2) is 10.5. The summed E-state index contributed by atoms with van der Waals surface area (Å²) in [7, 11) is 1.83. The van der Waals surface area contributed by atoms with Gasteiger partial charge in [0.15, 0.2) is 0 Å². The Hall–Kier alpha value is -1.22. The molecule has 3 heteroatoms. The molecule has 0 unspecified atom stereocenters. The minimum absolute atomic E-state index is 0. The van der Waals surface area contributed by atoms with Crippen LogP contribution < -0.4 is 0 Å². The van der Waals surface area contributed by atoms with Gasteiger partial charge < -0.3 is 0 Å². The summed E-state index contributed by atoms with van der Waals surface area (Å²) in [4.78, 5) is 9.34. The molecule has 3 aromatic carbocycles. The third-order valence-corrected chi connectivity index (χ3v) is 5.06. The van der Waals surface area contributed by atoms with Gasteiger partial charge in [0.05, 0.1) is 5.69 Å². The summed E-state index contributed by atoms with van der Waals surface area (Å²) in [6.45, 7) is 8.20. The molecule has 0 atom stereocenters. The normalized spacial score (nSPS) is 14.3. The molecule has 1 aliphatic carbocycles. The Morgan fingerprint density at radius 3 is 2.32 bits per heavy atom. The van der Waals surface area contributed by atoms with Gasteiger partial charge in [0.1, 0.15) is 0 Å². The predicted molar refractivity (Wildman–Crippen MR) is 118 cm³/mol. The van der Waals surface area contributed by atoms with E-state index in [2.05, 4.69) is 54.4 Å². The van der Waals surface area contributed by atoms with Gasteiger partial charge in [-0.1, -0.05) is 51.1 Å². The molecule has 0 amide bonds. The van der Waals surface area contributed by atoms with Crippen LogP contribution >= 0.6 is 0 Å². The molecule has 0 bridgehead atoms. The zero-order chi connectivity index (χ0) is 19.4. The first-order valence-corrected chi connectivity index (χ1v) is 9.69. The summed E-state index contributed by atoms with van der Waals surface area (Å²) in [6, 6.07) is 20.3. The van der Waals surface area contributed by atoms with Crippen molar-refractivity contribution in [2.75, 3.05) is 7.05 Å². The topological polar surface area (TPSA) is 24.7 Å². The average Bonchev–Trinajstić information content (AvgIpc) is 3.14. The van der Waals surface area contributed by atoms with Crippen LogP contribution in [0.3, 0.4) is 0 Å². The molecule has 3 aromatic rings. The van der Waals surface area contributed by atoms with Crippen LogP contribution in [-0.4, -0.2) is 18.5 Å². The van der Waals surface area contributed by atoms with E-state index in [-0.39, 0.29) is 46.9 Å². The van der Waals surface area contributed by atoms with Crippen molar-refractivity contribution in [1.29, 1.82) is 0 Å². The second-order valence-electron chi connectivity index (χ2n) is 6.61. The van der Waals surface area contributed by atoms with Crippen molar-refractivity contribution >= 4 is 27.9 Å². The zero-order valence-corrected chi connectivity index (χ0v) is 18.9. The minimum atomic E-state index is 0. The van der Waals surface area contributed by atoms with Gasteiger partial charge in [-0.05, 0) is 25.8 Å². The molecule has 1 aliphatic rings. The maximum atomic E-state index is 5.01. The van der Waals surface area contributed by atoms with Crippen molar-refractivity contribution in [3.05, 3.63) is 76.9 Å². The average molecular weight is 529 g/mol. The van der Waals surface area contributed by atoms with Crippen molar-refractivity contribution in [1.82, 2.24) is 0 Å². The van der Waals surface area contributed by atoms with Crippen LogP contribution in [0.4, 0.5) is 5.69 Å². The van der Waals surface area contributed by atoms with Crippen LogP contribution in [0.25, 0.3) is 10.8 Å². The fourth-order valence-corrected chi connectivity index (χ4v) is 3.68. The molecule has 0 radical (unpaired) electrons. The molecule has 0 N–H and O–H groups in total. The van der Waals surface area contributed by atoms with Crippen LogP contribution in [0, 0.1) is 59.9 Å². The molecule has 152 valence electrons. The van der Waals surface area contributed by atoms with E-state index in [1.54, 1.807) is 0 Å². The molecule has 0 heterocycles. The van der Waals surface area contributed by atoms with E-state index < -0.39 is 0 Å². The van der Waals surface area contributed by atoms with Gasteiger partial charge in [-0.3, -0.25) is 9.98 Å². The van der Waals surface area contributed by atoms with Crippen molar-refractivity contribution in [2.45, 2.75) is 40.5 Å². The van der Waals surface area contributed by atoms with Gasteiger partial charge in [0.2, 0.25) is 0 Å². The van der Waals surface area contributed by atoms with Crippen LogP contribution in [0.1, 0.15) is 43.0 Å². The number of para-hydroxylation sites is 1. The van der Waals surface area contributed by atoms with Gasteiger partial charge >= 0.3 is 0 Å². The maximum Gasteiger partial charge on any atom is 0.0719 e. The van der Waals surface area contributed by atoms with Crippen molar-refractivity contribution < 1.29 is 46.9 Å². The van der Waals surface area contributed by atoms with E-state index in [1.807, 2.05) is 40.0 Å². The van der Waals surface area contributed by atoms with E-state index in [0.717, 1.165) is 29.8 Å². The fourth-order valence-electron chi connectivity index (χ4n) is 3.68. The van der Waals surface area contributed by atoms with E-state index in [4.69, 9.17) is 4.99 Å². The quantitative estimate of drug-likeness (QED) is 0.276. The minimum Gasteiger partial charge on any atom is -0.293 e. The predicted octanol–water partition coefficient (Wildman–Crippen LogP) is 6.28. The first kappa shape index (κ1) is 23.1. The van der Waals surface area contributed by atoms with Gasteiger partial charge in [0, 0.05) is 71.0 Å². The van der Waals surface area contributed by atoms with E-state index in [1.165, 1.54) is 33.2 Å². The summed E-state index contributed by atoms with van der Waals surface area (Å²) < 4.78 is 0. The molecule has 0 saturated heterocycles. The Morgan fingerprint density at radius 1 is 0.929 bits per heavy atom. The molecule has 0 aliphatic heterocycles. The number of aliphatic imine (C=N–C) groups is 2. The first-order valence-electron chi connectivity index (χ1n) is 9.69. The smallest absolute Gasteiger partial charge is 0.0719 e. The Labute approximate surface area is 207 Å². The summed E-state index contributed by atoms with van der Waals surface area (Å²) in [5.41, 5.74) is 8.43. The van der Waals surface area contributed by atoms with E-state index >= 15 is 0 Å². The number of aryl methyl sites for hydroxylation is 1. The Kier molecular flexibility index (Phi) is 8.67. The standard InChI is InChI=1S/C23H21N2.C2H6.Yb/c1-15-12-17-8-4-5-10-20(17)22-14-18(13-21(15)22)25-23-11-7-6-9-19(23)16(2)24-3;1-2;/h4-11H,13-14H2,1-3H3;1-2H3;/q-1;;. The molecule has 2 nitrogen and oxygen atoms in total. The van der Waals surface area contributed by atoms with Crippen LogP contribution in [-0.2, 0) is 12.8 Å². The molecule has 0 aromatic heterocycles. The summed E-state index contributed by atoms with van der Waals surface area (Å²) >= 11 is 0. The summed E-state index contributed by atoms with van der Waals surface area (Å²) in [5.74, 6) is 0. The maximum absolute atomic E-state index is 5.01. The second-order valence-corrected chi connectivity index (χ2v) is 6.61. The fraction of sp³-hybridized carbons (Fsp3) is 0.280. The molecule has 4 rings (SSSR count). The molecular weight excluding hydrogens is 501 g/mol. The SMILES string of the molecule is CC.CN=C(C)c1ccccc1N=C1Cc2c(C)[c-]c3ccccc3c2C1.[Yb]. The molecule has 0 fully saturated rings. The van der Waals surface area contributed by atoms with E-state index in [0.29, 0.717) is 0 Å². The third kappa shape index (κ3) is 4.67. The van der Waals surface area contributed by atoms with Crippen molar-refractivity contribution in [3.63, 3.8) is 0 Å². The van der Waals surface area contributed by atoms with Crippen LogP contribution in [0.15, 0.2) is 58.5 Å². The first-order chi connectivity index (χ1) is 13.2. The van der Waals surface area contributed by atoms with Gasteiger partial charge in [-0.15, -0.1) is 45.7 Å². The molecule has 0 spiro atoms. The number of fused-ring (bicyclic) bond motifs is 3. The van der Waals surface area contributed by atoms with Gasteiger partial charge in [-0.2, -0.15) is 0 Å². The zero-order valence-electron chi connectivity index (χ0n) is 17.2. The molecule has 0 saturated carbocycles. The number of rotatable bonds is 2. The summed E-state index contributed by atoms with van der Waals surface area (Å²) in [6.07, 6.45) is 1.83. The number of nitrogens with zero attached hydrogens (tertiary/aromatic N) is 2. The number of benzene rings is 3. The Morgan fingerprint density at radius 2 is 1.57 bits per heavy atom. The Balaban J connectivity index is 0.000000906. The molecule has 28 heavy (non-hydrogen) atoms.